The molecule has 1 aromatic heterocycles. The highest BCUT2D eigenvalue weighted by molar-refractivity contribution is 7.16. The molecule has 104 valence electrons. The Balaban J connectivity index is 1.88. The summed E-state index contributed by atoms with van der Waals surface area (Å²) >= 11 is 7.13. The van der Waals surface area contributed by atoms with Crippen molar-refractivity contribution >= 4 is 34.9 Å². The summed E-state index contributed by atoms with van der Waals surface area (Å²) in [6.07, 6.45) is 0.264. The molecule has 19 heavy (non-hydrogen) atoms. The molecule has 0 radical (unpaired) electrons. The summed E-state index contributed by atoms with van der Waals surface area (Å²) < 4.78 is 5.69. The van der Waals surface area contributed by atoms with E-state index in [0.717, 1.165) is 4.88 Å². The Morgan fingerprint density at radius 2 is 2.32 bits per heavy atom. The van der Waals surface area contributed by atoms with E-state index < -0.39 is 17.5 Å². The molecule has 0 aromatic carbocycles. The summed E-state index contributed by atoms with van der Waals surface area (Å²) in [4.78, 5) is 23.8. The minimum absolute atomic E-state index is 0.0133. The van der Waals surface area contributed by atoms with Gasteiger partial charge in [-0.05, 0) is 12.1 Å². The van der Waals surface area contributed by atoms with Crippen LogP contribution in [0.1, 0.15) is 11.3 Å². The summed E-state index contributed by atoms with van der Waals surface area (Å²) in [7, 11) is 0. The van der Waals surface area contributed by atoms with Crippen molar-refractivity contribution in [3.63, 3.8) is 0 Å². The van der Waals surface area contributed by atoms with Gasteiger partial charge in [-0.15, -0.1) is 11.3 Å². The van der Waals surface area contributed by atoms with E-state index in [1.165, 1.54) is 11.3 Å². The zero-order valence-corrected chi connectivity index (χ0v) is 11.5. The summed E-state index contributed by atoms with van der Waals surface area (Å²) in [6, 6.07) is 3.02. The van der Waals surface area contributed by atoms with Gasteiger partial charge < -0.3 is 20.5 Å². The van der Waals surface area contributed by atoms with Gasteiger partial charge in [0, 0.05) is 17.9 Å². The normalized spacial score (nSPS) is 22.2. The third-order valence-corrected chi connectivity index (χ3v) is 4.07. The Labute approximate surface area is 118 Å². The molecule has 1 atom stereocenters. The highest BCUT2D eigenvalue weighted by Crippen LogP contribution is 2.21. The molecule has 1 unspecified atom stereocenters. The number of hydrogen-bond acceptors (Lipinski definition) is 4. The second-order valence-electron chi connectivity index (χ2n) is 4.20. The molecule has 0 saturated carbocycles. The summed E-state index contributed by atoms with van der Waals surface area (Å²) in [5.41, 5.74) is -1.32. The highest BCUT2D eigenvalue weighted by atomic mass is 35.5. The van der Waals surface area contributed by atoms with Crippen LogP contribution in [0.3, 0.4) is 0 Å². The number of hydrogen-bond donors (Lipinski definition) is 3. The molecule has 1 saturated heterocycles. The molecule has 3 N–H and O–H groups in total. The minimum Gasteiger partial charge on any atom is -0.479 e. The summed E-state index contributed by atoms with van der Waals surface area (Å²) in [6.45, 7) is 0.619. The van der Waals surface area contributed by atoms with Crippen LogP contribution in [-0.4, -0.2) is 35.9 Å². The van der Waals surface area contributed by atoms with Crippen molar-refractivity contribution in [2.45, 2.75) is 18.5 Å². The molecule has 0 aliphatic carbocycles. The van der Waals surface area contributed by atoms with Gasteiger partial charge in [0.15, 0.2) is 5.54 Å². The highest BCUT2D eigenvalue weighted by Gasteiger charge is 2.43. The van der Waals surface area contributed by atoms with Crippen molar-refractivity contribution in [1.82, 2.24) is 10.6 Å². The van der Waals surface area contributed by atoms with E-state index in [1.807, 2.05) is 0 Å². The fraction of sp³-hybridized carbons (Fsp3) is 0.455. The van der Waals surface area contributed by atoms with Gasteiger partial charge in [0.25, 0.3) is 0 Å². The predicted octanol–water partition coefficient (Wildman–Crippen LogP) is 1.44. The van der Waals surface area contributed by atoms with Crippen LogP contribution in [0.5, 0.6) is 0 Å². The van der Waals surface area contributed by atoms with Gasteiger partial charge in [0.1, 0.15) is 0 Å². The smallest absolute Gasteiger partial charge is 0.332 e. The van der Waals surface area contributed by atoms with Crippen LogP contribution in [0, 0.1) is 0 Å². The first kappa shape index (κ1) is 14.1. The van der Waals surface area contributed by atoms with Crippen LogP contribution in [0.4, 0.5) is 4.79 Å². The Morgan fingerprint density at radius 3 is 2.84 bits per heavy atom. The molecule has 1 aromatic rings. The van der Waals surface area contributed by atoms with Crippen molar-refractivity contribution in [2.24, 2.45) is 0 Å². The number of carboxylic acid groups (broad SMARTS) is 1. The first-order valence-corrected chi connectivity index (χ1v) is 6.83. The molecule has 2 amide bonds. The van der Waals surface area contributed by atoms with E-state index in [0.29, 0.717) is 17.5 Å². The average Bonchev–Trinajstić information content (AvgIpc) is 2.97. The van der Waals surface area contributed by atoms with Crippen molar-refractivity contribution in [3.8, 4) is 0 Å². The molecule has 2 heterocycles. The van der Waals surface area contributed by atoms with E-state index in [4.69, 9.17) is 21.4 Å². The first-order chi connectivity index (χ1) is 9.02. The maximum Gasteiger partial charge on any atom is 0.332 e. The zero-order chi connectivity index (χ0) is 13.9. The lowest BCUT2D eigenvalue weighted by atomic mass is 9.99. The van der Waals surface area contributed by atoms with Crippen molar-refractivity contribution in [2.75, 3.05) is 13.2 Å². The van der Waals surface area contributed by atoms with Gasteiger partial charge in [-0.25, -0.2) is 9.59 Å². The molecule has 1 aliphatic rings. The number of aliphatic carboxylic acids is 1. The van der Waals surface area contributed by atoms with Crippen LogP contribution in [0.2, 0.25) is 4.34 Å². The lowest BCUT2D eigenvalue weighted by molar-refractivity contribution is -0.144. The summed E-state index contributed by atoms with van der Waals surface area (Å²) in [5, 5.41) is 14.2. The lowest BCUT2D eigenvalue weighted by Gasteiger charge is -2.23. The Hall–Kier alpha value is -1.31. The standard InChI is InChI=1S/C11H13ClN2O4S/c12-8-2-1-7(19-8)5-13-10(17)14-11(9(15)16)3-4-18-6-11/h1-2H,3-6H2,(H,15,16)(H2,13,14,17). The van der Waals surface area contributed by atoms with Crippen molar-refractivity contribution in [3.05, 3.63) is 21.3 Å². The second kappa shape index (κ2) is 5.77. The van der Waals surface area contributed by atoms with Gasteiger partial charge in [-0.1, -0.05) is 11.6 Å². The zero-order valence-electron chi connectivity index (χ0n) is 9.94. The van der Waals surface area contributed by atoms with Gasteiger partial charge in [-0.3, -0.25) is 0 Å². The first-order valence-electron chi connectivity index (χ1n) is 5.63. The van der Waals surface area contributed by atoms with Crippen LogP contribution < -0.4 is 10.6 Å². The summed E-state index contributed by atoms with van der Waals surface area (Å²) in [5.74, 6) is -1.08. The number of halogens is 1. The predicted molar refractivity (Wildman–Crippen MR) is 70.5 cm³/mol. The number of amides is 2. The second-order valence-corrected chi connectivity index (χ2v) is 6.00. The molecular weight excluding hydrogens is 292 g/mol. The third kappa shape index (κ3) is 3.37. The molecule has 1 aliphatic heterocycles. The van der Waals surface area contributed by atoms with Crippen LogP contribution in [0.15, 0.2) is 12.1 Å². The fourth-order valence-corrected chi connectivity index (χ4v) is 2.79. The van der Waals surface area contributed by atoms with E-state index in [2.05, 4.69) is 10.6 Å². The van der Waals surface area contributed by atoms with Crippen LogP contribution in [0.25, 0.3) is 0 Å². The number of carbonyl (C=O) groups is 2. The number of ether oxygens (including phenoxy) is 1. The topological polar surface area (TPSA) is 87.7 Å². The van der Waals surface area contributed by atoms with Crippen LogP contribution >= 0.6 is 22.9 Å². The van der Waals surface area contributed by atoms with E-state index >= 15 is 0 Å². The molecule has 6 nitrogen and oxygen atoms in total. The van der Waals surface area contributed by atoms with Gasteiger partial charge in [0.2, 0.25) is 0 Å². The molecular formula is C11H13ClN2O4S. The largest absolute Gasteiger partial charge is 0.479 e. The number of carboxylic acids is 1. The molecule has 0 bridgehead atoms. The number of rotatable bonds is 4. The quantitative estimate of drug-likeness (QED) is 0.785. The molecule has 1 fully saturated rings. The number of nitrogens with one attached hydrogen (secondary N) is 2. The Kier molecular flexibility index (Phi) is 4.28. The average molecular weight is 305 g/mol. The molecule has 0 spiro atoms. The third-order valence-electron chi connectivity index (χ3n) is 2.84. The fourth-order valence-electron chi connectivity index (χ4n) is 1.76. The Morgan fingerprint density at radius 1 is 1.53 bits per heavy atom. The van der Waals surface area contributed by atoms with Gasteiger partial charge >= 0.3 is 12.0 Å². The number of urea groups is 1. The maximum atomic E-state index is 11.7. The minimum atomic E-state index is -1.32. The number of carbonyl (C=O) groups excluding carboxylic acids is 1. The van der Waals surface area contributed by atoms with Gasteiger partial charge in [0.05, 0.1) is 17.5 Å². The maximum absolute atomic E-state index is 11.7. The molecule has 2 rings (SSSR count). The van der Waals surface area contributed by atoms with Crippen molar-refractivity contribution < 1.29 is 19.4 Å². The van der Waals surface area contributed by atoms with Crippen LogP contribution in [-0.2, 0) is 16.1 Å². The van der Waals surface area contributed by atoms with E-state index in [-0.39, 0.29) is 13.0 Å². The monoisotopic (exact) mass is 304 g/mol. The van der Waals surface area contributed by atoms with E-state index in [1.54, 1.807) is 12.1 Å². The molecule has 8 heteroatoms. The SMILES string of the molecule is O=C(NCc1ccc(Cl)s1)NC1(C(=O)O)CCOC1. The van der Waals surface area contributed by atoms with Gasteiger partial charge in [-0.2, -0.15) is 0 Å². The Bertz CT molecular complexity index is 485. The lowest BCUT2D eigenvalue weighted by Crippen LogP contribution is -2.57. The number of thiophene rings is 1. The van der Waals surface area contributed by atoms with Crippen molar-refractivity contribution in [1.29, 1.82) is 0 Å². The van der Waals surface area contributed by atoms with E-state index in [9.17, 15) is 9.59 Å².